The van der Waals surface area contributed by atoms with E-state index >= 15 is 0 Å². The predicted octanol–water partition coefficient (Wildman–Crippen LogP) is 1.13. The van der Waals surface area contributed by atoms with E-state index < -0.39 is 0 Å². The maximum atomic E-state index is 11.7. The lowest BCUT2D eigenvalue weighted by atomic mass is 10.1. The van der Waals surface area contributed by atoms with E-state index in [1.807, 2.05) is 12.3 Å². The zero-order valence-corrected chi connectivity index (χ0v) is 8.86. The van der Waals surface area contributed by atoms with Gasteiger partial charge in [-0.05, 0) is 19.8 Å². The van der Waals surface area contributed by atoms with Crippen molar-refractivity contribution in [3.63, 3.8) is 0 Å². The molecule has 0 aromatic carbocycles. The Morgan fingerprint density at radius 1 is 1.79 bits per heavy atom. The summed E-state index contributed by atoms with van der Waals surface area (Å²) >= 11 is 1.45. The zero-order chi connectivity index (χ0) is 10.2. The van der Waals surface area contributed by atoms with Crippen LogP contribution in [0.1, 0.15) is 18.5 Å². The first-order valence-electron chi connectivity index (χ1n) is 4.60. The molecule has 4 nitrogen and oxygen atoms in total. The fourth-order valence-electron chi connectivity index (χ4n) is 1.32. The number of hydrogen-bond acceptors (Lipinski definition) is 4. The second kappa shape index (κ2) is 3.33. The van der Waals surface area contributed by atoms with Gasteiger partial charge >= 0.3 is 0 Å². The Hall–Kier alpha value is -0.940. The van der Waals surface area contributed by atoms with Crippen LogP contribution in [0.5, 0.6) is 0 Å². The minimum Gasteiger partial charge on any atom is -0.329 e. The number of hydrogen-bond donors (Lipinski definition) is 2. The van der Waals surface area contributed by atoms with Crippen molar-refractivity contribution in [2.75, 3.05) is 11.9 Å². The van der Waals surface area contributed by atoms with Crippen LogP contribution in [0.2, 0.25) is 0 Å². The number of amides is 1. The van der Waals surface area contributed by atoms with Gasteiger partial charge in [0, 0.05) is 11.9 Å². The number of rotatable bonds is 3. The summed E-state index contributed by atoms with van der Waals surface area (Å²) in [4.78, 5) is 15.9. The van der Waals surface area contributed by atoms with Crippen molar-refractivity contribution >= 4 is 22.4 Å². The largest absolute Gasteiger partial charge is 0.329 e. The molecule has 3 N–H and O–H groups in total. The Kier molecular flexibility index (Phi) is 2.28. The molecule has 0 atom stereocenters. The molecule has 0 saturated heterocycles. The zero-order valence-electron chi connectivity index (χ0n) is 8.04. The first kappa shape index (κ1) is 9.61. The second-order valence-electron chi connectivity index (χ2n) is 3.73. The molecule has 2 rings (SSSR count). The van der Waals surface area contributed by atoms with Gasteiger partial charge in [-0.1, -0.05) is 0 Å². The lowest BCUT2D eigenvalue weighted by Crippen LogP contribution is -2.30. The molecule has 5 heteroatoms. The number of nitrogens with one attached hydrogen (secondary N) is 1. The van der Waals surface area contributed by atoms with Gasteiger partial charge in [-0.3, -0.25) is 4.79 Å². The summed E-state index contributed by atoms with van der Waals surface area (Å²) in [6, 6.07) is 0. The van der Waals surface area contributed by atoms with Crippen LogP contribution in [0.4, 0.5) is 5.13 Å². The van der Waals surface area contributed by atoms with Crippen LogP contribution in [-0.4, -0.2) is 17.4 Å². The van der Waals surface area contributed by atoms with Crippen molar-refractivity contribution in [3.05, 3.63) is 11.1 Å². The fraction of sp³-hybridized carbons (Fsp3) is 0.556. The third-order valence-electron chi connectivity index (χ3n) is 2.57. The van der Waals surface area contributed by atoms with Crippen LogP contribution >= 0.6 is 11.3 Å². The molecule has 1 aliphatic carbocycles. The Morgan fingerprint density at radius 2 is 2.50 bits per heavy atom. The van der Waals surface area contributed by atoms with E-state index in [4.69, 9.17) is 5.73 Å². The number of carbonyl (C=O) groups excluding carboxylic acids is 1. The smallest absolute Gasteiger partial charge is 0.233 e. The molecule has 0 unspecified atom stereocenters. The molecule has 0 aliphatic heterocycles. The summed E-state index contributed by atoms with van der Waals surface area (Å²) in [5, 5.41) is 5.39. The number of aryl methyl sites for hydroxylation is 1. The summed E-state index contributed by atoms with van der Waals surface area (Å²) < 4.78 is 0. The topological polar surface area (TPSA) is 68.0 Å². The van der Waals surface area contributed by atoms with Crippen molar-refractivity contribution in [2.24, 2.45) is 11.1 Å². The average Bonchev–Trinajstić information content (AvgIpc) is 2.87. The maximum Gasteiger partial charge on any atom is 0.233 e. The van der Waals surface area contributed by atoms with Gasteiger partial charge in [0.1, 0.15) is 0 Å². The van der Waals surface area contributed by atoms with Gasteiger partial charge in [0.2, 0.25) is 5.91 Å². The van der Waals surface area contributed by atoms with Gasteiger partial charge in [-0.2, -0.15) is 0 Å². The summed E-state index contributed by atoms with van der Waals surface area (Å²) in [6.07, 6.45) is 1.80. The molecule has 76 valence electrons. The van der Waals surface area contributed by atoms with Crippen LogP contribution in [0.25, 0.3) is 0 Å². The second-order valence-corrected chi connectivity index (χ2v) is 4.59. The quantitative estimate of drug-likeness (QED) is 0.787. The predicted molar refractivity (Wildman–Crippen MR) is 56.2 cm³/mol. The van der Waals surface area contributed by atoms with Gasteiger partial charge in [-0.25, -0.2) is 4.98 Å². The van der Waals surface area contributed by atoms with Crippen LogP contribution in [0, 0.1) is 12.3 Å². The first-order chi connectivity index (χ1) is 6.66. The molecule has 0 spiro atoms. The highest BCUT2D eigenvalue weighted by Gasteiger charge is 2.48. The third-order valence-corrected chi connectivity index (χ3v) is 3.44. The molecule has 1 aromatic heterocycles. The number of anilines is 1. The van der Waals surface area contributed by atoms with Gasteiger partial charge in [0.15, 0.2) is 5.13 Å². The summed E-state index contributed by atoms with van der Waals surface area (Å²) in [5.41, 5.74) is 6.19. The van der Waals surface area contributed by atoms with E-state index in [1.54, 1.807) is 0 Å². The molecular weight excluding hydrogens is 198 g/mol. The van der Waals surface area contributed by atoms with E-state index in [0.29, 0.717) is 11.7 Å². The number of nitrogens with two attached hydrogens (primary N) is 1. The van der Waals surface area contributed by atoms with Crippen molar-refractivity contribution in [1.82, 2.24) is 4.98 Å². The number of aromatic nitrogens is 1. The summed E-state index contributed by atoms with van der Waals surface area (Å²) in [7, 11) is 0. The highest BCUT2D eigenvalue weighted by molar-refractivity contribution is 7.13. The number of carbonyl (C=O) groups is 1. The molecule has 1 amide bonds. The van der Waals surface area contributed by atoms with Gasteiger partial charge in [0.05, 0.1) is 11.1 Å². The summed E-state index contributed by atoms with van der Waals surface area (Å²) in [5.74, 6) is 0.0225. The molecule has 0 radical (unpaired) electrons. The summed E-state index contributed by atoms with van der Waals surface area (Å²) in [6.45, 7) is 2.34. The highest BCUT2D eigenvalue weighted by atomic mass is 32.1. The van der Waals surface area contributed by atoms with Gasteiger partial charge in [0.25, 0.3) is 0 Å². The Labute approximate surface area is 86.5 Å². The molecule has 1 fully saturated rings. The highest BCUT2D eigenvalue weighted by Crippen LogP contribution is 2.45. The normalized spacial score (nSPS) is 17.9. The van der Waals surface area contributed by atoms with Crippen molar-refractivity contribution in [2.45, 2.75) is 19.8 Å². The number of nitrogens with zero attached hydrogens (tertiary/aromatic N) is 1. The molecule has 0 bridgehead atoms. The SMILES string of the molecule is Cc1csc(NC(=O)C2(CN)CC2)n1. The molecule has 1 aromatic rings. The Balaban J connectivity index is 2.01. The lowest BCUT2D eigenvalue weighted by Gasteiger charge is -2.10. The minimum absolute atomic E-state index is 0.0225. The van der Waals surface area contributed by atoms with Crippen molar-refractivity contribution < 1.29 is 4.79 Å². The molecular formula is C9H13N3OS. The minimum atomic E-state index is -0.292. The maximum absolute atomic E-state index is 11.7. The molecule has 14 heavy (non-hydrogen) atoms. The third kappa shape index (κ3) is 1.65. The van der Waals surface area contributed by atoms with E-state index in [9.17, 15) is 4.79 Å². The average molecular weight is 211 g/mol. The van der Waals surface area contributed by atoms with Gasteiger partial charge in [-0.15, -0.1) is 11.3 Å². The monoisotopic (exact) mass is 211 g/mol. The molecule has 1 heterocycles. The van der Waals surface area contributed by atoms with Gasteiger partial charge < -0.3 is 11.1 Å². The number of thiazole rings is 1. The molecule has 1 saturated carbocycles. The molecule has 1 aliphatic rings. The Morgan fingerprint density at radius 3 is 2.93 bits per heavy atom. The van der Waals surface area contributed by atoms with E-state index in [1.165, 1.54) is 11.3 Å². The van der Waals surface area contributed by atoms with Crippen LogP contribution < -0.4 is 11.1 Å². The fourth-order valence-corrected chi connectivity index (χ4v) is 2.00. The van der Waals surface area contributed by atoms with Crippen LogP contribution in [0.3, 0.4) is 0 Å². The van der Waals surface area contributed by atoms with E-state index in [2.05, 4.69) is 10.3 Å². The first-order valence-corrected chi connectivity index (χ1v) is 5.48. The van der Waals surface area contributed by atoms with Crippen LogP contribution in [0.15, 0.2) is 5.38 Å². The van der Waals surface area contributed by atoms with E-state index in [0.717, 1.165) is 18.5 Å². The van der Waals surface area contributed by atoms with Crippen LogP contribution in [-0.2, 0) is 4.79 Å². The standard InChI is InChI=1S/C9H13N3OS/c1-6-4-14-8(11-6)12-7(13)9(5-10)2-3-9/h4H,2-3,5,10H2,1H3,(H,11,12,13). The Bertz CT molecular complexity index is 357. The van der Waals surface area contributed by atoms with E-state index in [-0.39, 0.29) is 11.3 Å². The van der Waals surface area contributed by atoms with Crippen molar-refractivity contribution in [3.8, 4) is 0 Å². The van der Waals surface area contributed by atoms with Crippen molar-refractivity contribution in [1.29, 1.82) is 0 Å². The lowest BCUT2D eigenvalue weighted by molar-refractivity contribution is -0.120.